The molecule has 0 aliphatic rings. The van der Waals surface area contributed by atoms with Crippen molar-refractivity contribution >= 4 is 15.9 Å². The van der Waals surface area contributed by atoms with Gasteiger partial charge < -0.3 is 10.1 Å². The van der Waals surface area contributed by atoms with Gasteiger partial charge in [0.2, 0.25) is 0 Å². The van der Waals surface area contributed by atoms with E-state index in [2.05, 4.69) is 46.4 Å². The van der Waals surface area contributed by atoms with E-state index in [1.165, 1.54) is 48.7 Å². The minimum absolute atomic E-state index is 0.720. The lowest BCUT2D eigenvalue weighted by molar-refractivity contribution is 0.340. The first-order chi connectivity index (χ1) is 9.77. The van der Waals surface area contributed by atoms with Crippen molar-refractivity contribution < 1.29 is 4.74 Å². The molecule has 0 atom stereocenters. The van der Waals surface area contributed by atoms with Gasteiger partial charge in [-0.15, -0.1) is 0 Å². The fraction of sp³-hybridized carbons (Fsp3) is 0.647. The van der Waals surface area contributed by atoms with Crippen LogP contribution in [0.1, 0.15) is 51.5 Å². The Kier molecular flexibility index (Phi) is 9.77. The predicted octanol–water partition coefficient (Wildman–Crippen LogP) is 4.95. The Bertz CT molecular complexity index is 368. The largest absolute Gasteiger partial charge is 0.494 e. The third-order valence-electron chi connectivity index (χ3n) is 3.31. The first kappa shape index (κ1) is 17.5. The molecule has 0 radical (unpaired) electrons. The van der Waals surface area contributed by atoms with E-state index >= 15 is 0 Å². The molecule has 0 amide bonds. The van der Waals surface area contributed by atoms with Crippen molar-refractivity contribution in [1.29, 1.82) is 0 Å². The van der Waals surface area contributed by atoms with E-state index in [4.69, 9.17) is 4.74 Å². The Morgan fingerprint density at radius 3 is 2.55 bits per heavy atom. The quantitative estimate of drug-likeness (QED) is 0.575. The zero-order valence-electron chi connectivity index (χ0n) is 12.9. The molecule has 0 fully saturated rings. The summed E-state index contributed by atoms with van der Waals surface area (Å²) in [6.07, 6.45) is 7.57. The molecule has 0 unspecified atom stereocenters. The molecule has 1 N–H and O–H groups in total. The second-order valence-corrected chi connectivity index (χ2v) is 5.95. The van der Waals surface area contributed by atoms with E-state index in [1.54, 1.807) is 0 Å². The van der Waals surface area contributed by atoms with Gasteiger partial charge in [-0.1, -0.05) is 41.8 Å². The molecule has 0 saturated carbocycles. The van der Waals surface area contributed by atoms with E-state index in [9.17, 15) is 0 Å². The number of hydrogen-bond acceptors (Lipinski definition) is 2. The minimum atomic E-state index is 0.720. The molecule has 1 rings (SSSR count). The summed E-state index contributed by atoms with van der Waals surface area (Å²) < 4.78 is 6.67. The topological polar surface area (TPSA) is 21.3 Å². The Morgan fingerprint density at radius 2 is 1.85 bits per heavy atom. The van der Waals surface area contributed by atoms with Gasteiger partial charge in [-0.05, 0) is 63.4 Å². The molecular weight excluding hydrogens is 314 g/mol. The normalized spacial score (nSPS) is 10.8. The molecule has 114 valence electrons. The van der Waals surface area contributed by atoms with Gasteiger partial charge in [-0.2, -0.15) is 0 Å². The number of nitrogens with one attached hydrogen (secondary N) is 1. The zero-order valence-corrected chi connectivity index (χ0v) is 14.5. The zero-order chi connectivity index (χ0) is 14.6. The van der Waals surface area contributed by atoms with Gasteiger partial charge >= 0.3 is 0 Å². The second kappa shape index (κ2) is 11.2. The number of rotatable bonds is 11. The molecule has 1 aromatic rings. The van der Waals surface area contributed by atoms with Crippen molar-refractivity contribution in [3.63, 3.8) is 0 Å². The molecule has 0 aliphatic carbocycles. The molecule has 0 spiro atoms. The van der Waals surface area contributed by atoms with Gasteiger partial charge in [0.25, 0.3) is 0 Å². The van der Waals surface area contributed by atoms with Crippen LogP contribution in [-0.2, 0) is 6.42 Å². The number of ether oxygens (including phenoxy) is 1. The molecule has 3 heteroatoms. The Balaban J connectivity index is 2.15. The first-order valence-electron chi connectivity index (χ1n) is 7.89. The number of aryl methyl sites for hydroxylation is 1. The van der Waals surface area contributed by atoms with E-state index in [0.717, 1.165) is 25.3 Å². The predicted molar refractivity (Wildman–Crippen MR) is 90.6 cm³/mol. The highest BCUT2D eigenvalue weighted by molar-refractivity contribution is 9.10. The third-order valence-corrected chi connectivity index (χ3v) is 4.05. The van der Waals surface area contributed by atoms with Crippen LogP contribution in [0, 0.1) is 0 Å². The van der Waals surface area contributed by atoms with Crippen LogP contribution in [0.3, 0.4) is 0 Å². The third kappa shape index (κ3) is 7.30. The molecule has 1 aromatic carbocycles. The lowest BCUT2D eigenvalue weighted by Crippen LogP contribution is -2.15. The van der Waals surface area contributed by atoms with Crippen molar-refractivity contribution in [1.82, 2.24) is 5.32 Å². The van der Waals surface area contributed by atoms with E-state index < -0.39 is 0 Å². The molecule has 20 heavy (non-hydrogen) atoms. The average Bonchev–Trinajstić information content (AvgIpc) is 2.44. The average molecular weight is 342 g/mol. The minimum Gasteiger partial charge on any atom is -0.494 e. The molecule has 0 saturated heterocycles. The molecule has 0 aliphatic heterocycles. The number of halogens is 1. The first-order valence-corrected chi connectivity index (χ1v) is 8.69. The summed E-state index contributed by atoms with van der Waals surface area (Å²) in [4.78, 5) is 0. The number of unbranched alkanes of at least 4 members (excludes halogenated alkanes) is 3. The SMILES string of the molecule is CCCNCCCCCCc1ccc(OCC)cc1Br. The number of hydrogen-bond donors (Lipinski definition) is 1. The van der Waals surface area contributed by atoms with Crippen molar-refractivity contribution in [3.05, 3.63) is 28.2 Å². The summed E-state index contributed by atoms with van der Waals surface area (Å²) in [6.45, 7) is 7.26. The maximum Gasteiger partial charge on any atom is 0.120 e. The Morgan fingerprint density at radius 1 is 1.05 bits per heavy atom. The van der Waals surface area contributed by atoms with Crippen LogP contribution in [0.4, 0.5) is 0 Å². The smallest absolute Gasteiger partial charge is 0.120 e. The fourth-order valence-corrected chi connectivity index (χ4v) is 2.76. The highest BCUT2D eigenvalue weighted by Gasteiger charge is 2.02. The van der Waals surface area contributed by atoms with Crippen LogP contribution in [-0.4, -0.2) is 19.7 Å². The molecular formula is C17H28BrNO. The monoisotopic (exact) mass is 341 g/mol. The van der Waals surface area contributed by atoms with Crippen LogP contribution in [0.25, 0.3) is 0 Å². The summed E-state index contributed by atoms with van der Waals surface area (Å²) in [5.74, 6) is 0.949. The highest BCUT2D eigenvalue weighted by Crippen LogP contribution is 2.24. The summed E-state index contributed by atoms with van der Waals surface area (Å²) >= 11 is 3.64. The van der Waals surface area contributed by atoms with Crippen LogP contribution in [0.15, 0.2) is 22.7 Å². The highest BCUT2D eigenvalue weighted by atomic mass is 79.9. The van der Waals surface area contributed by atoms with Gasteiger partial charge in [-0.3, -0.25) is 0 Å². The van der Waals surface area contributed by atoms with Crippen molar-refractivity contribution in [3.8, 4) is 5.75 Å². The van der Waals surface area contributed by atoms with Crippen molar-refractivity contribution in [2.45, 2.75) is 52.4 Å². The molecule has 2 nitrogen and oxygen atoms in total. The van der Waals surface area contributed by atoms with Crippen LogP contribution in [0.2, 0.25) is 0 Å². The summed E-state index contributed by atoms with van der Waals surface area (Å²) in [5.41, 5.74) is 1.39. The van der Waals surface area contributed by atoms with Crippen LogP contribution < -0.4 is 10.1 Å². The lowest BCUT2D eigenvalue weighted by Gasteiger charge is -2.08. The van der Waals surface area contributed by atoms with E-state index in [0.29, 0.717) is 0 Å². The van der Waals surface area contributed by atoms with Gasteiger partial charge in [0.05, 0.1) is 6.61 Å². The summed E-state index contributed by atoms with van der Waals surface area (Å²) in [5, 5.41) is 3.45. The lowest BCUT2D eigenvalue weighted by atomic mass is 10.1. The number of benzene rings is 1. The summed E-state index contributed by atoms with van der Waals surface area (Å²) in [7, 11) is 0. The van der Waals surface area contributed by atoms with Gasteiger partial charge in [-0.25, -0.2) is 0 Å². The molecule has 0 heterocycles. The van der Waals surface area contributed by atoms with Crippen LogP contribution >= 0.6 is 15.9 Å². The van der Waals surface area contributed by atoms with Gasteiger partial charge in [0.15, 0.2) is 0 Å². The van der Waals surface area contributed by atoms with E-state index in [1.807, 2.05) is 6.92 Å². The Labute approximate surface area is 132 Å². The van der Waals surface area contributed by atoms with Crippen molar-refractivity contribution in [2.24, 2.45) is 0 Å². The Hall–Kier alpha value is -0.540. The second-order valence-electron chi connectivity index (χ2n) is 5.10. The summed E-state index contributed by atoms with van der Waals surface area (Å²) in [6, 6.07) is 6.32. The van der Waals surface area contributed by atoms with Gasteiger partial charge in [0.1, 0.15) is 5.75 Å². The maximum atomic E-state index is 5.49. The van der Waals surface area contributed by atoms with Crippen molar-refractivity contribution in [2.75, 3.05) is 19.7 Å². The molecule has 0 bridgehead atoms. The van der Waals surface area contributed by atoms with Gasteiger partial charge in [0, 0.05) is 4.47 Å². The fourth-order valence-electron chi connectivity index (χ4n) is 2.21. The standard InChI is InChI=1S/C17H28BrNO/c1-3-12-19-13-8-6-5-7-9-15-10-11-16(20-4-2)14-17(15)18/h10-11,14,19H,3-9,12-13H2,1-2H3. The maximum absolute atomic E-state index is 5.49. The van der Waals surface area contributed by atoms with Crippen LogP contribution in [0.5, 0.6) is 5.75 Å². The van der Waals surface area contributed by atoms with E-state index in [-0.39, 0.29) is 0 Å². The molecule has 0 aromatic heterocycles.